The number of carboxylic acids is 3. The van der Waals surface area contributed by atoms with Crippen molar-refractivity contribution in [1.82, 2.24) is 0 Å². The summed E-state index contributed by atoms with van der Waals surface area (Å²) in [6.07, 6.45) is -0.446. The van der Waals surface area contributed by atoms with Crippen molar-refractivity contribution in [1.29, 1.82) is 0 Å². The number of carboxylic acid groups (broad SMARTS) is 3. The van der Waals surface area contributed by atoms with Crippen molar-refractivity contribution < 1.29 is 29.7 Å². The van der Waals surface area contributed by atoms with Crippen LogP contribution in [0.5, 0.6) is 0 Å². The maximum atomic E-state index is 10.2. The summed E-state index contributed by atoms with van der Waals surface area (Å²) in [7, 11) is 0. The SMILES string of the molecule is O=C(O)C=C(CC(=O)O)C(=O)O.[K].[K].[K]. The Bertz CT molecular complexity index is 262. The number of aliphatic carboxylic acids is 3. The topological polar surface area (TPSA) is 112 Å². The van der Waals surface area contributed by atoms with Gasteiger partial charge in [0.1, 0.15) is 0 Å². The minimum atomic E-state index is -1.54. The standard InChI is InChI=1S/C6H6O6.3K/c7-4(8)1-3(6(11)12)2-5(9)10;;;/h1H,2H2,(H,7,8)(H,9,10)(H,11,12);;;. The number of carbonyl (C=O) groups is 3. The molecule has 0 fully saturated rings. The van der Waals surface area contributed by atoms with Crippen molar-refractivity contribution in [2.24, 2.45) is 0 Å². The Morgan fingerprint density at radius 3 is 1.53 bits per heavy atom. The third-order valence-corrected chi connectivity index (χ3v) is 0.914. The largest absolute Gasteiger partial charge is 0.481 e. The Morgan fingerprint density at radius 2 is 1.33 bits per heavy atom. The van der Waals surface area contributed by atoms with Gasteiger partial charge in [0.2, 0.25) is 0 Å². The van der Waals surface area contributed by atoms with Crippen LogP contribution in [0.15, 0.2) is 11.6 Å². The zero-order chi connectivity index (χ0) is 9.72. The third kappa shape index (κ3) is 17.1. The van der Waals surface area contributed by atoms with Gasteiger partial charge < -0.3 is 15.3 Å². The first-order chi connectivity index (χ1) is 5.43. The molecule has 0 aliphatic heterocycles. The van der Waals surface area contributed by atoms with Gasteiger partial charge in [-0.1, -0.05) is 0 Å². The molecule has 0 saturated carbocycles. The molecule has 9 heteroatoms. The minimum absolute atomic E-state index is 0. The van der Waals surface area contributed by atoms with Crippen LogP contribution in [0.25, 0.3) is 0 Å². The fraction of sp³-hybridized carbons (Fsp3) is 0.167. The normalized spacial score (nSPS) is 8.67. The molecular formula is C6H6K3O6. The van der Waals surface area contributed by atoms with Gasteiger partial charge in [0.15, 0.2) is 0 Å². The van der Waals surface area contributed by atoms with Crippen LogP contribution >= 0.6 is 0 Å². The van der Waals surface area contributed by atoms with E-state index >= 15 is 0 Å². The summed E-state index contributed by atoms with van der Waals surface area (Å²) in [4.78, 5) is 30.1. The molecule has 0 aromatic heterocycles. The molecule has 0 unspecified atom stereocenters. The molecule has 69 valence electrons. The summed E-state index contributed by atoms with van der Waals surface area (Å²) in [5, 5.41) is 24.5. The second-order valence-electron chi connectivity index (χ2n) is 1.88. The Balaban J connectivity index is -0.000000202. The van der Waals surface area contributed by atoms with E-state index in [1.807, 2.05) is 0 Å². The monoisotopic (exact) mass is 291 g/mol. The second-order valence-corrected chi connectivity index (χ2v) is 1.88. The van der Waals surface area contributed by atoms with Crippen LogP contribution in [0.4, 0.5) is 0 Å². The average molecular weight is 291 g/mol. The first kappa shape index (κ1) is 26.6. The summed E-state index contributed by atoms with van der Waals surface area (Å²) in [5.41, 5.74) is -0.657. The summed E-state index contributed by atoms with van der Waals surface area (Å²) in [6, 6.07) is 0. The maximum absolute atomic E-state index is 10.2. The van der Waals surface area contributed by atoms with Crippen molar-refractivity contribution in [3.63, 3.8) is 0 Å². The molecule has 0 amide bonds. The molecule has 0 saturated heterocycles. The van der Waals surface area contributed by atoms with Gasteiger partial charge in [-0.2, -0.15) is 0 Å². The third-order valence-electron chi connectivity index (χ3n) is 0.914. The van der Waals surface area contributed by atoms with E-state index in [4.69, 9.17) is 15.3 Å². The quantitative estimate of drug-likeness (QED) is 0.425. The van der Waals surface area contributed by atoms with Crippen molar-refractivity contribution in [2.75, 3.05) is 0 Å². The van der Waals surface area contributed by atoms with Crippen LogP contribution in [0.2, 0.25) is 0 Å². The van der Waals surface area contributed by atoms with Crippen LogP contribution in [-0.4, -0.2) is 187 Å². The molecule has 0 aromatic carbocycles. The maximum Gasteiger partial charge on any atom is 0.332 e. The van der Waals surface area contributed by atoms with Crippen molar-refractivity contribution in [3.8, 4) is 0 Å². The van der Waals surface area contributed by atoms with Crippen LogP contribution in [0.3, 0.4) is 0 Å². The zero-order valence-corrected chi connectivity index (χ0v) is 18.2. The summed E-state index contributed by atoms with van der Waals surface area (Å²) in [6.45, 7) is 0. The second kappa shape index (κ2) is 15.1. The van der Waals surface area contributed by atoms with Gasteiger partial charge in [0.05, 0.1) is 12.0 Å². The van der Waals surface area contributed by atoms with Crippen molar-refractivity contribution >= 4 is 172 Å². The molecule has 3 radical (unpaired) electrons. The molecule has 0 spiro atoms. The minimum Gasteiger partial charge on any atom is -0.481 e. The van der Waals surface area contributed by atoms with Gasteiger partial charge in [-0.25, -0.2) is 9.59 Å². The number of rotatable bonds is 4. The summed E-state index contributed by atoms with van der Waals surface area (Å²) in [5.74, 6) is -4.40. The Labute approximate surface area is 214 Å². The Kier molecular flexibility index (Phi) is 26.8. The molecule has 0 heterocycles. The van der Waals surface area contributed by atoms with Gasteiger partial charge in [-0.3, -0.25) is 4.79 Å². The van der Waals surface area contributed by atoms with Gasteiger partial charge in [0, 0.05) is 160 Å². The van der Waals surface area contributed by atoms with Crippen LogP contribution in [0, 0.1) is 0 Å². The molecule has 0 atom stereocenters. The number of hydrogen-bond donors (Lipinski definition) is 3. The Hall–Kier alpha value is 3.06. The van der Waals surface area contributed by atoms with E-state index in [0.717, 1.165) is 0 Å². The van der Waals surface area contributed by atoms with Gasteiger partial charge in [0.25, 0.3) is 0 Å². The summed E-state index contributed by atoms with van der Waals surface area (Å²) < 4.78 is 0. The first-order valence-electron chi connectivity index (χ1n) is 2.82. The van der Waals surface area contributed by atoms with E-state index in [-0.39, 0.29) is 154 Å². The molecule has 3 N–H and O–H groups in total. The predicted octanol–water partition coefficient (Wildman–Crippen LogP) is -1.59. The van der Waals surface area contributed by atoms with Gasteiger partial charge >= 0.3 is 17.9 Å². The van der Waals surface area contributed by atoms with Gasteiger partial charge in [-0.05, 0) is 0 Å². The molecule has 0 rings (SSSR count). The molecule has 0 aliphatic rings. The van der Waals surface area contributed by atoms with Crippen LogP contribution in [0.1, 0.15) is 6.42 Å². The van der Waals surface area contributed by atoms with Crippen LogP contribution in [-0.2, 0) is 14.4 Å². The first-order valence-corrected chi connectivity index (χ1v) is 2.82. The average Bonchev–Trinajstić information content (AvgIpc) is 1.83. The molecule has 15 heavy (non-hydrogen) atoms. The van der Waals surface area contributed by atoms with E-state index in [2.05, 4.69) is 0 Å². The fourth-order valence-electron chi connectivity index (χ4n) is 0.500. The van der Waals surface area contributed by atoms with Crippen LogP contribution < -0.4 is 0 Å². The summed E-state index contributed by atoms with van der Waals surface area (Å²) >= 11 is 0. The molecular weight excluding hydrogens is 285 g/mol. The molecule has 0 aromatic rings. The van der Waals surface area contributed by atoms with Crippen molar-refractivity contribution in [2.45, 2.75) is 6.42 Å². The zero-order valence-electron chi connectivity index (χ0n) is 8.85. The van der Waals surface area contributed by atoms with E-state index in [1.165, 1.54) is 0 Å². The predicted molar refractivity (Wildman–Crippen MR) is 52.9 cm³/mol. The van der Waals surface area contributed by atoms with Gasteiger partial charge in [-0.15, -0.1) is 0 Å². The van der Waals surface area contributed by atoms with E-state index in [9.17, 15) is 14.4 Å². The molecule has 0 bridgehead atoms. The van der Waals surface area contributed by atoms with E-state index < -0.39 is 29.9 Å². The smallest absolute Gasteiger partial charge is 0.332 e. The fourth-order valence-corrected chi connectivity index (χ4v) is 0.500. The molecule has 6 nitrogen and oxygen atoms in total. The molecule has 0 aliphatic carbocycles. The Morgan fingerprint density at radius 1 is 0.933 bits per heavy atom. The number of hydrogen-bond acceptors (Lipinski definition) is 3. The van der Waals surface area contributed by atoms with Crippen molar-refractivity contribution in [3.05, 3.63) is 11.6 Å². The van der Waals surface area contributed by atoms with E-state index in [1.54, 1.807) is 0 Å². The van der Waals surface area contributed by atoms with E-state index in [0.29, 0.717) is 6.08 Å².